The number of nitrogens with one attached hydrogen (secondary N) is 2. The van der Waals surface area contributed by atoms with Crippen molar-refractivity contribution >= 4 is 38.9 Å². The highest BCUT2D eigenvalue weighted by molar-refractivity contribution is 9.10. The van der Waals surface area contributed by atoms with Gasteiger partial charge >= 0.3 is 0 Å². The second kappa shape index (κ2) is 7.73. The first-order valence-electron chi connectivity index (χ1n) is 7.00. The molecule has 0 spiro atoms. The van der Waals surface area contributed by atoms with Crippen molar-refractivity contribution in [1.82, 2.24) is 0 Å². The summed E-state index contributed by atoms with van der Waals surface area (Å²) in [5.41, 5.74) is 2.00. The summed E-state index contributed by atoms with van der Waals surface area (Å²) in [6, 6.07) is 10.1. The average Bonchev–Trinajstić information content (AvgIpc) is 2.94. The van der Waals surface area contributed by atoms with Crippen LogP contribution >= 0.6 is 27.3 Å². The van der Waals surface area contributed by atoms with Gasteiger partial charge < -0.3 is 10.2 Å². The molecule has 0 fully saturated rings. The highest BCUT2D eigenvalue weighted by atomic mass is 79.9. The zero-order chi connectivity index (χ0) is 15.2. The number of halogens is 1. The first-order chi connectivity index (χ1) is 10.1. The average molecular weight is 368 g/mol. The number of anilines is 1. The molecular weight excluding hydrogens is 348 g/mol. The summed E-state index contributed by atoms with van der Waals surface area (Å²) in [4.78, 5) is 14.8. The molecule has 0 radical (unpaired) electrons. The maximum absolute atomic E-state index is 12.2. The van der Waals surface area contributed by atoms with E-state index in [2.05, 4.69) is 45.7 Å². The summed E-state index contributed by atoms with van der Waals surface area (Å²) in [6.07, 6.45) is 0. The van der Waals surface area contributed by atoms with Crippen LogP contribution in [0.1, 0.15) is 17.4 Å². The molecule has 0 aliphatic heterocycles. The van der Waals surface area contributed by atoms with Gasteiger partial charge in [0.05, 0.1) is 17.1 Å². The van der Waals surface area contributed by atoms with Crippen molar-refractivity contribution in [2.75, 3.05) is 18.4 Å². The van der Waals surface area contributed by atoms with Crippen LogP contribution in [0.3, 0.4) is 0 Å². The van der Waals surface area contributed by atoms with Crippen molar-refractivity contribution in [3.05, 3.63) is 50.6 Å². The normalized spacial score (nSPS) is 12.1. The molecule has 0 saturated heterocycles. The van der Waals surface area contributed by atoms with Gasteiger partial charge in [-0.15, -0.1) is 11.3 Å². The van der Waals surface area contributed by atoms with E-state index in [1.54, 1.807) is 11.3 Å². The Labute approximate surface area is 138 Å². The summed E-state index contributed by atoms with van der Waals surface area (Å²) < 4.78 is 0.923. The van der Waals surface area contributed by atoms with Crippen molar-refractivity contribution < 1.29 is 9.69 Å². The Bertz CT molecular complexity index is 598. The monoisotopic (exact) mass is 367 g/mol. The van der Waals surface area contributed by atoms with Crippen molar-refractivity contribution in [3.63, 3.8) is 0 Å². The molecule has 0 aliphatic rings. The number of rotatable bonds is 6. The Morgan fingerprint density at radius 1 is 1.38 bits per heavy atom. The standard InChI is InChI=1S/C16H19BrN2OS/c1-3-19(10-13-5-4-8-21-13)11-16(20)18-15-7-6-12(2)9-14(15)17/h4-9H,3,10-11H2,1-2H3,(H,18,20)/p+1. The topological polar surface area (TPSA) is 33.5 Å². The molecule has 3 nitrogen and oxygen atoms in total. The van der Waals surface area contributed by atoms with Crippen LogP contribution in [0.25, 0.3) is 0 Å². The molecule has 1 atom stereocenters. The van der Waals surface area contributed by atoms with Gasteiger partial charge in [-0.3, -0.25) is 4.79 Å². The number of amides is 1. The highest BCUT2D eigenvalue weighted by Gasteiger charge is 2.14. The summed E-state index contributed by atoms with van der Waals surface area (Å²) >= 11 is 5.23. The minimum Gasteiger partial charge on any atom is -0.323 e. The van der Waals surface area contributed by atoms with Gasteiger partial charge in [0.1, 0.15) is 6.54 Å². The summed E-state index contributed by atoms with van der Waals surface area (Å²) in [7, 11) is 0. The van der Waals surface area contributed by atoms with Gasteiger partial charge in [0.25, 0.3) is 5.91 Å². The first kappa shape index (κ1) is 16.2. The summed E-state index contributed by atoms with van der Waals surface area (Å²) in [6.45, 7) is 6.45. The van der Waals surface area contributed by atoms with Crippen LogP contribution in [0, 0.1) is 6.92 Å². The highest BCUT2D eigenvalue weighted by Crippen LogP contribution is 2.23. The second-order valence-corrected chi connectivity index (χ2v) is 6.95. The molecule has 0 saturated carbocycles. The largest absolute Gasteiger partial charge is 0.323 e. The third-order valence-electron chi connectivity index (χ3n) is 3.31. The van der Waals surface area contributed by atoms with Gasteiger partial charge in [0.2, 0.25) is 0 Å². The lowest BCUT2D eigenvalue weighted by Crippen LogP contribution is -3.11. The van der Waals surface area contributed by atoms with Crippen LogP contribution in [0.5, 0.6) is 0 Å². The molecule has 1 unspecified atom stereocenters. The fourth-order valence-electron chi connectivity index (χ4n) is 2.12. The number of hydrogen-bond donors (Lipinski definition) is 2. The fourth-order valence-corrected chi connectivity index (χ4v) is 3.48. The van der Waals surface area contributed by atoms with Gasteiger partial charge in [-0.25, -0.2) is 0 Å². The Hall–Kier alpha value is -1.17. The van der Waals surface area contributed by atoms with Crippen LogP contribution in [-0.2, 0) is 11.3 Å². The van der Waals surface area contributed by atoms with E-state index in [-0.39, 0.29) is 5.91 Å². The second-order valence-electron chi connectivity index (χ2n) is 5.07. The van der Waals surface area contributed by atoms with E-state index >= 15 is 0 Å². The molecule has 2 N–H and O–H groups in total. The summed E-state index contributed by atoms with van der Waals surface area (Å²) in [5, 5.41) is 5.05. The van der Waals surface area contributed by atoms with Crippen LogP contribution in [0.4, 0.5) is 5.69 Å². The molecule has 2 aromatic rings. The number of benzene rings is 1. The SMILES string of the molecule is CC[NH+](CC(=O)Nc1ccc(C)cc1Br)Cc1cccs1. The molecule has 1 heterocycles. The Morgan fingerprint density at radius 3 is 2.81 bits per heavy atom. The lowest BCUT2D eigenvalue weighted by molar-refractivity contribution is -0.903. The minimum absolute atomic E-state index is 0.0490. The molecule has 1 aromatic heterocycles. The van der Waals surface area contributed by atoms with Gasteiger partial charge in [-0.2, -0.15) is 0 Å². The van der Waals surface area contributed by atoms with Crippen LogP contribution < -0.4 is 10.2 Å². The van der Waals surface area contributed by atoms with E-state index < -0.39 is 0 Å². The van der Waals surface area contributed by atoms with Crippen LogP contribution in [0.15, 0.2) is 40.2 Å². The Kier molecular flexibility index (Phi) is 5.96. The van der Waals surface area contributed by atoms with Crippen LogP contribution in [0.2, 0.25) is 0 Å². The molecule has 5 heteroatoms. The molecule has 21 heavy (non-hydrogen) atoms. The van der Waals surface area contributed by atoms with E-state index in [0.717, 1.165) is 23.2 Å². The maximum atomic E-state index is 12.2. The number of aryl methyl sites for hydroxylation is 1. The third-order valence-corrected chi connectivity index (χ3v) is 4.85. The maximum Gasteiger partial charge on any atom is 0.279 e. The number of carbonyl (C=O) groups is 1. The van der Waals surface area contributed by atoms with E-state index in [1.165, 1.54) is 15.3 Å². The van der Waals surface area contributed by atoms with Gasteiger partial charge in [-0.1, -0.05) is 12.1 Å². The van der Waals surface area contributed by atoms with Crippen molar-refractivity contribution in [1.29, 1.82) is 0 Å². The van der Waals surface area contributed by atoms with Gasteiger partial charge in [-0.05, 0) is 58.9 Å². The van der Waals surface area contributed by atoms with Crippen LogP contribution in [-0.4, -0.2) is 19.0 Å². The fraction of sp³-hybridized carbons (Fsp3) is 0.312. The molecule has 0 aliphatic carbocycles. The van der Waals surface area contributed by atoms with Gasteiger partial charge in [0, 0.05) is 4.47 Å². The minimum atomic E-state index is 0.0490. The van der Waals surface area contributed by atoms with E-state index in [4.69, 9.17) is 0 Å². The number of carbonyl (C=O) groups excluding carboxylic acids is 1. The van der Waals surface area contributed by atoms with E-state index in [1.807, 2.05) is 25.1 Å². The third kappa shape index (κ3) is 4.95. The smallest absolute Gasteiger partial charge is 0.279 e. The zero-order valence-electron chi connectivity index (χ0n) is 12.3. The zero-order valence-corrected chi connectivity index (χ0v) is 14.7. The van der Waals surface area contributed by atoms with Crippen molar-refractivity contribution in [2.45, 2.75) is 20.4 Å². The number of likely N-dealkylation sites (N-methyl/N-ethyl adjacent to an activating group) is 1. The molecule has 1 amide bonds. The molecule has 2 rings (SSSR count). The first-order valence-corrected chi connectivity index (χ1v) is 8.67. The predicted octanol–water partition coefficient (Wildman–Crippen LogP) is 2.86. The lowest BCUT2D eigenvalue weighted by Gasteiger charge is -2.16. The lowest BCUT2D eigenvalue weighted by atomic mass is 10.2. The van der Waals surface area contributed by atoms with E-state index in [0.29, 0.717) is 6.54 Å². The Morgan fingerprint density at radius 2 is 2.19 bits per heavy atom. The molecule has 112 valence electrons. The molecule has 1 aromatic carbocycles. The molecule has 0 bridgehead atoms. The van der Waals surface area contributed by atoms with E-state index in [9.17, 15) is 4.79 Å². The predicted molar refractivity (Wildman–Crippen MR) is 91.9 cm³/mol. The number of thiophene rings is 1. The molecular formula is C16H20BrN2OS+. The van der Waals surface area contributed by atoms with Crippen molar-refractivity contribution in [3.8, 4) is 0 Å². The number of quaternary nitrogens is 1. The van der Waals surface area contributed by atoms with Crippen molar-refractivity contribution in [2.24, 2.45) is 0 Å². The number of hydrogen-bond acceptors (Lipinski definition) is 2. The Balaban J connectivity index is 1.93. The van der Waals surface area contributed by atoms with Gasteiger partial charge in [0.15, 0.2) is 6.54 Å². The quantitative estimate of drug-likeness (QED) is 0.808. The summed E-state index contributed by atoms with van der Waals surface area (Å²) in [5.74, 6) is 0.0490.